The van der Waals surface area contributed by atoms with Crippen molar-refractivity contribution in [1.29, 1.82) is 5.26 Å². The summed E-state index contributed by atoms with van der Waals surface area (Å²) in [6, 6.07) is 11.0. The number of hydrogen-bond acceptors (Lipinski definition) is 4. The highest BCUT2D eigenvalue weighted by molar-refractivity contribution is 5.94. The molecule has 0 spiro atoms. The van der Waals surface area contributed by atoms with Crippen LogP contribution in [0.4, 0.5) is 4.79 Å². The molecule has 5 heteroatoms. The van der Waals surface area contributed by atoms with Crippen LogP contribution in [0.1, 0.15) is 31.7 Å². The Morgan fingerprint density at radius 1 is 1.43 bits per heavy atom. The van der Waals surface area contributed by atoms with E-state index in [0.29, 0.717) is 0 Å². The van der Waals surface area contributed by atoms with E-state index >= 15 is 0 Å². The van der Waals surface area contributed by atoms with Crippen LogP contribution in [0, 0.1) is 17.2 Å². The first kappa shape index (κ1) is 15.0. The van der Waals surface area contributed by atoms with Crippen LogP contribution in [-0.4, -0.2) is 29.5 Å². The largest absolute Gasteiger partial charge is 0.447 e. The van der Waals surface area contributed by atoms with Crippen molar-refractivity contribution in [2.24, 2.45) is 5.92 Å². The van der Waals surface area contributed by atoms with Gasteiger partial charge in [0.15, 0.2) is 0 Å². The Morgan fingerprint density at radius 3 is 2.67 bits per heavy atom. The van der Waals surface area contributed by atoms with E-state index < -0.39 is 12.0 Å². The van der Waals surface area contributed by atoms with Crippen molar-refractivity contribution in [3.8, 4) is 6.07 Å². The van der Waals surface area contributed by atoms with Gasteiger partial charge in [-0.15, -0.1) is 0 Å². The second kappa shape index (κ2) is 6.40. The molecule has 1 heterocycles. The molecule has 2 amide bonds. The van der Waals surface area contributed by atoms with Gasteiger partial charge in [-0.2, -0.15) is 5.26 Å². The molecule has 21 heavy (non-hydrogen) atoms. The molecule has 1 fully saturated rings. The Balaban J connectivity index is 2.13. The molecule has 2 atom stereocenters. The van der Waals surface area contributed by atoms with E-state index in [9.17, 15) is 14.9 Å². The van der Waals surface area contributed by atoms with Crippen LogP contribution in [0.25, 0.3) is 0 Å². The standard InChI is InChI=1S/C16H18N2O3/c1-11(2)14-10-21-16(20)18(14)15(19)8-13(9-17)12-6-4-3-5-7-12/h3-7,11,13-14H,8,10H2,1-2H3/t13-,14-/m1/s1. The Hall–Kier alpha value is -2.35. The number of amides is 2. The van der Waals surface area contributed by atoms with Crippen molar-refractivity contribution in [3.05, 3.63) is 35.9 Å². The van der Waals surface area contributed by atoms with Gasteiger partial charge in [0, 0.05) is 6.42 Å². The van der Waals surface area contributed by atoms with Crippen LogP contribution >= 0.6 is 0 Å². The maximum absolute atomic E-state index is 12.4. The zero-order valence-electron chi connectivity index (χ0n) is 12.2. The first-order valence-corrected chi connectivity index (χ1v) is 6.98. The topological polar surface area (TPSA) is 70.4 Å². The fourth-order valence-corrected chi connectivity index (χ4v) is 2.41. The molecule has 1 aliphatic rings. The van der Waals surface area contributed by atoms with E-state index in [1.165, 1.54) is 0 Å². The monoisotopic (exact) mass is 286 g/mol. The van der Waals surface area contributed by atoms with Crippen LogP contribution in [0.3, 0.4) is 0 Å². The summed E-state index contributed by atoms with van der Waals surface area (Å²) in [6.07, 6.45) is -0.623. The molecule has 1 aliphatic heterocycles. The minimum atomic E-state index is -0.608. The normalized spacial score (nSPS) is 19.2. The number of benzene rings is 1. The second-order valence-electron chi connectivity index (χ2n) is 5.45. The van der Waals surface area contributed by atoms with Crippen molar-refractivity contribution < 1.29 is 14.3 Å². The molecular formula is C16H18N2O3. The maximum atomic E-state index is 12.4. The summed E-state index contributed by atoms with van der Waals surface area (Å²) in [5, 5.41) is 9.28. The number of nitrogens with zero attached hydrogens (tertiary/aromatic N) is 2. The summed E-state index contributed by atoms with van der Waals surface area (Å²) in [7, 11) is 0. The zero-order valence-corrected chi connectivity index (χ0v) is 12.2. The minimum absolute atomic E-state index is 0.0150. The van der Waals surface area contributed by atoms with Crippen LogP contribution < -0.4 is 0 Å². The van der Waals surface area contributed by atoms with E-state index in [1.54, 1.807) is 0 Å². The highest BCUT2D eigenvalue weighted by Gasteiger charge is 2.40. The van der Waals surface area contributed by atoms with Gasteiger partial charge in [0.05, 0.1) is 18.0 Å². The number of hydrogen-bond donors (Lipinski definition) is 0. The number of carbonyl (C=O) groups is 2. The molecule has 0 aliphatic carbocycles. The van der Waals surface area contributed by atoms with Gasteiger partial charge in [-0.25, -0.2) is 9.69 Å². The molecule has 1 aromatic carbocycles. The molecule has 5 nitrogen and oxygen atoms in total. The fourth-order valence-electron chi connectivity index (χ4n) is 2.41. The number of ether oxygens (including phenoxy) is 1. The third-order valence-electron chi connectivity index (χ3n) is 3.68. The van der Waals surface area contributed by atoms with E-state index in [1.807, 2.05) is 44.2 Å². The second-order valence-corrected chi connectivity index (χ2v) is 5.45. The predicted octanol–water partition coefficient (Wildman–Crippen LogP) is 2.69. The summed E-state index contributed by atoms with van der Waals surface area (Å²) in [4.78, 5) is 25.3. The Morgan fingerprint density at radius 2 is 2.10 bits per heavy atom. The number of nitriles is 1. The summed E-state index contributed by atoms with van der Waals surface area (Å²) in [5.74, 6) is -0.788. The van der Waals surface area contributed by atoms with Gasteiger partial charge >= 0.3 is 6.09 Å². The molecule has 2 rings (SSSR count). The number of cyclic esters (lactones) is 1. The zero-order chi connectivity index (χ0) is 15.4. The lowest BCUT2D eigenvalue weighted by Crippen LogP contribution is -2.42. The van der Waals surface area contributed by atoms with Gasteiger partial charge in [0.25, 0.3) is 0 Å². The quantitative estimate of drug-likeness (QED) is 0.853. The molecule has 0 bridgehead atoms. The lowest BCUT2D eigenvalue weighted by Gasteiger charge is -2.23. The third-order valence-corrected chi connectivity index (χ3v) is 3.68. The Labute approximate surface area is 124 Å². The first-order chi connectivity index (χ1) is 10.0. The summed E-state index contributed by atoms with van der Waals surface area (Å²) in [5.41, 5.74) is 0.780. The van der Waals surface area contributed by atoms with E-state index in [2.05, 4.69) is 6.07 Å². The lowest BCUT2D eigenvalue weighted by atomic mass is 9.96. The molecule has 110 valence electrons. The minimum Gasteiger partial charge on any atom is -0.447 e. The predicted molar refractivity (Wildman–Crippen MR) is 76.2 cm³/mol. The van der Waals surface area contributed by atoms with Crippen molar-refractivity contribution in [2.75, 3.05) is 6.61 Å². The maximum Gasteiger partial charge on any atom is 0.416 e. The average Bonchev–Trinajstić information content (AvgIpc) is 2.87. The molecule has 0 N–H and O–H groups in total. The van der Waals surface area contributed by atoms with Gasteiger partial charge < -0.3 is 4.74 Å². The van der Waals surface area contributed by atoms with Crippen LogP contribution in [-0.2, 0) is 9.53 Å². The lowest BCUT2D eigenvalue weighted by molar-refractivity contribution is -0.129. The van der Waals surface area contributed by atoms with Crippen molar-refractivity contribution >= 4 is 12.0 Å². The molecule has 0 unspecified atom stereocenters. The van der Waals surface area contributed by atoms with E-state index in [0.717, 1.165) is 10.5 Å². The highest BCUT2D eigenvalue weighted by atomic mass is 16.6. The third kappa shape index (κ3) is 3.22. The van der Waals surface area contributed by atoms with Gasteiger partial charge in [-0.1, -0.05) is 44.2 Å². The van der Waals surface area contributed by atoms with Gasteiger partial charge in [0.1, 0.15) is 6.61 Å². The number of rotatable bonds is 4. The highest BCUT2D eigenvalue weighted by Crippen LogP contribution is 2.25. The van der Waals surface area contributed by atoms with Gasteiger partial charge in [0.2, 0.25) is 5.91 Å². The average molecular weight is 286 g/mol. The van der Waals surface area contributed by atoms with Gasteiger partial charge in [-0.3, -0.25) is 4.79 Å². The van der Waals surface area contributed by atoms with Crippen LogP contribution in [0.5, 0.6) is 0 Å². The molecule has 1 aromatic rings. The Kier molecular flexibility index (Phi) is 4.59. The van der Waals surface area contributed by atoms with Crippen molar-refractivity contribution in [3.63, 3.8) is 0 Å². The summed E-state index contributed by atoms with van der Waals surface area (Å²) >= 11 is 0. The van der Waals surface area contributed by atoms with Crippen molar-refractivity contribution in [2.45, 2.75) is 32.2 Å². The SMILES string of the molecule is CC(C)[C@H]1COC(=O)N1C(=O)C[C@H](C#N)c1ccccc1. The number of imide groups is 1. The summed E-state index contributed by atoms with van der Waals surface area (Å²) in [6.45, 7) is 4.10. The van der Waals surface area contributed by atoms with Gasteiger partial charge in [-0.05, 0) is 11.5 Å². The smallest absolute Gasteiger partial charge is 0.416 e. The fraction of sp³-hybridized carbons (Fsp3) is 0.438. The van der Waals surface area contributed by atoms with Crippen molar-refractivity contribution in [1.82, 2.24) is 4.90 Å². The van der Waals surface area contributed by atoms with E-state index in [-0.39, 0.29) is 30.9 Å². The number of carbonyl (C=O) groups excluding carboxylic acids is 2. The molecule has 1 saturated heterocycles. The Bertz CT molecular complexity index is 563. The molecule has 0 radical (unpaired) electrons. The first-order valence-electron chi connectivity index (χ1n) is 6.98. The molecule has 0 saturated carbocycles. The summed E-state index contributed by atoms with van der Waals surface area (Å²) < 4.78 is 4.96. The van der Waals surface area contributed by atoms with Crippen LogP contribution in [0.2, 0.25) is 0 Å². The van der Waals surface area contributed by atoms with Crippen LogP contribution in [0.15, 0.2) is 30.3 Å². The molecule has 0 aromatic heterocycles. The molecular weight excluding hydrogens is 268 g/mol. The van der Waals surface area contributed by atoms with E-state index in [4.69, 9.17) is 4.74 Å².